The lowest BCUT2D eigenvalue weighted by Crippen LogP contribution is -2.48. The molecule has 3 heterocycles. The van der Waals surface area contributed by atoms with Gasteiger partial charge in [-0.2, -0.15) is 13.2 Å². The second-order valence-electron chi connectivity index (χ2n) is 4.53. The van der Waals surface area contributed by atoms with Gasteiger partial charge in [0, 0.05) is 37.6 Å². The molecule has 0 N–H and O–H groups in total. The highest BCUT2D eigenvalue weighted by molar-refractivity contribution is 5.65. The van der Waals surface area contributed by atoms with Crippen LogP contribution in [-0.2, 0) is 6.18 Å². The molecule has 1 aliphatic heterocycles. The van der Waals surface area contributed by atoms with E-state index >= 15 is 0 Å². The Morgan fingerprint density at radius 2 is 2.05 bits per heavy atom. The molecule has 0 spiro atoms. The monoisotopic (exact) mass is 274 g/mol. The Balaban J connectivity index is 1.99. The van der Waals surface area contributed by atoms with E-state index in [1.807, 2.05) is 0 Å². The summed E-state index contributed by atoms with van der Waals surface area (Å²) in [5, 5.41) is 0. The number of halogens is 4. The van der Waals surface area contributed by atoms with E-state index in [1.54, 1.807) is 4.90 Å². The predicted molar refractivity (Wildman–Crippen MR) is 59.7 cm³/mol. The fourth-order valence-corrected chi connectivity index (χ4v) is 2.11. The van der Waals surface area contributed by atoms with Crippen LogP contribution in [0.3, 0.4) is 0 Å². The van der Waals surface area contributed by atoms with E-state index < -0.39 is 18.5 Å². The number of alkyl halides is 4. The minimum absolute atomic E-state index is 0.0703. The molecule has 19 heavy (non-hydrogen) atoms. The van der Waals surface area contributed by atoms with E-state index in [0.29, 0.717) is 18.9 Å². The minimum atomic E-state index is -4.49. The molecule has 3 rings (SSSR count). The van der Waals surface area contributed by atoms with Gasteiger partial charge >= 0.3 is 6.18 Å². The van der Waals surface area contributed by atoms with E-state index in [9.17, 15) is 17.6 Å². The molecule has 0 unspecified atom stereocenters. The lowest BCUT2D eigenvalue weighted by Gasteiger charge is -2.38. The molecule has 102 valence electrons. The SMILES string of the molecule is FCC1CN(c2nccn3cc(C(F)(F)F)nc23)C1. The Labute approximate surface area is 105 Å². The maximum Gasteiger partial charge on any atom is 0.434 e. The fraction of sp³-hybridized carbons (Fsp3) is 0.455. The summed E-state index contributed by atoms with van der Waals surface area (Å²) in [7, 11) is 0. The van der Waals surface area contributed by atoms with E-state index in [4.69, 9.17) is 0 Å². The van der Waals surface area contributed by atoms with Gasteiger partial charge in [0.2, 0.25) is 0 Å². The first-order chi connectivity index (χ1) is 8.99. The number of aromatic nitrogens is 3. The van der Waals surface area contributed by atoms with Gasteiger partial charge in [-0.15, -0.1) is 0 Å². The first-order valence-corrected chi connectivity index (χ1v) is 5.71. The van der Waals surface area contributed by atoms with Crippen molar-refractivity contribution < 1.29 is 17.6 Å². The number of nitrogens with zero attached hydrogens (tertiary/aromatic N) is 4. The lowest BCUT2D eigenvalue weighted by atomic mass is 10.0. The highest BCUT2D eigenvalue weighted by atomic mass is 19.4. The van der Waals surface area contributed by atoms with Crippen molar-refractivity contribution >= 4 is 11.5 Å². The van der Waals surface area contributed by atoms with Gasteiger partial charge in [-0.25, -0.2) is 9.97 Å². The number of fused-ring (bicyclic) bond motifs is 1. The largest absolute Gasteiger partial charge is 0.434 e. The first-order valence-electron chi connectivity index (χ1n) is 5.71. The molecule has 1 saturated heterocycles. The summed E-state index contributed by atoms with van der Waals surface area (Å²) >= 11 is 0. The van der Waals surface area contributed by atoms with Crippen LogP contribution in [0.15, 0.2) is 18.6 Å². The Kier molecular flexibility index (Phi) is 2.61. The maximum absolute atomic E-state index is 12.6. The standard InChI is InChI=1S/C11H10F4N4/c12-3-7-4-19(5-7)9-10-17-8(11(13,14)15)6-18(10)2-1-16-9/h1-2,6-7H,3-5H2. The zero-order valence-electron chi connectivity index (χ0n) is 9.73. The van der Waals surface area contributed by atoms with Crippen molar-refractivity contribution in [3.05, 3.63) is 24.3 Å². The summed E-state index contributed by atoms with van der Waals surface area (Å²) in [6.45, 7) is 0.483. The molecule has 0 bridgehead atoms. The van der Waals surface area contributed by atoms with Crippen LogP contribution in [0, 0.1) is 5.92 Å². The second-order valence-corrected chi connectivity index (χ2v) is 4.53. The third-order valence-electron chi connectivity index (χ3n) is 3.12. The molecule has 0 radical (unpaired) electrons. The Morgan fingerprint density at radius 1 is 1.32 bits per heavy atom. The van der Waals surface area contributed by atoms with Crippen molar-refractivity contribution in [2.45, 2.75) is 6.18 Å². The lowest BCUT2D eigenvalue weighted by molar-refractivity contribution is -0.140. The molecular weight excluding hydrogens is 264 g/mol. The van der Waals surface area contributed by atoms with Crippen molar-refractivity contribution in [1.29, 1.82) is 0 Å². The second kappa shape index (κ2) is 4.07. The highest BCUT2D eigenvalue weighted by Gasteiger charge is 2.35. The third-order valence-corrected chi connectivity index (χ3v) is 3.12. The summed E-state index contributed by atoms with van der Waals surface area (Å²) in [5.41, 5.74) is -0.809. The van der Waals surface area contributed by atoms with Gasteiger partial charge in [-0.1, -0.05) is 0 Å². The van der Waals surface area contributed by atoms with Crippen LogP contribution in [-0.4, -0.2) is 34.1 Å². The van der Waals surface area contributed by atoms with Gasteiger partial charge in [0.15, 0.2) is 17.2 Å². The van der Waals surface area contributed by atoms with Gasteiger partial charge < -0.3 is 9.30 Å². The van der Waals surface area contributed by atoms with E-state index in [0.717, 1.165) is 6.20 Å². The van der Waals surface area contributed by atoms with Crippen LogP contribution in [0.1, 0.15) is 5.69 Å². The van der Waals surface area contributed by atoms with Crippen LogP contribution in [0.25, 0.3) is 5.65 Å². The molecule has 0 amide bonds. The third kappa shape index (κ3) is 2.00. The van der Waals surface area contributed by atoms with E-state index in [1.165, 1.54) is 16.8 Å². The molecule has 0 aliphatic carbocycles. The highest BCUT2D eigenvalue weighted by Crippen LogP contribution is 2.31. The summed E-state index contributed by atoms with van der Waals surface area (Å²) < 4.78 is 51.5. The average Bonchev–Trinajstić information content (AvgIpc) is 2.71. The van der Waals surface area contributed by atoms with Gasteiger partial charge in [0.05, 0.1) is 6.67 Å². The predicted octanol–water partition coefficient (Wildman–Crippen LogP) is 2.15. The average molecular weight is 274 g/mol. The Bertz CT molecular complexity index is 600. The molecule has 1 aliphatic rings. The molecule has 4 nitrogen and oxygen atoms in total. The van der Waals surface area contributed by atoms with Crippen molar-refractivity contribution in [1.82, 2.24) is 14.4 Å². The van der Waals surface area contributed by atoms with Crippen molar-refractivity contribution in [3.8, 4) is 0 Å². The zero-order chi connectivity index (χ0) is 13.6. The smallest absolute Gasteiger partial charge is 0.353 e. The molecular formula is C11H10F4N4. The van der Waals surface area contributed by atoms with Gasteiger partial charge in [0.1, 0.15) is 0 Å². The first kappa shape index (κ1) is 12.2. The van der Waals surface area contributed by atoms with Crippen LogP contribution in [0.2, 0.25) is 0 Å². The molecule has 0 aromatic carbocycles. The topological polar surface area (TPSA) is 33.4 Å². The molecule has 8 heteroatoms. The Morgan fingerprint density at radius 3 is 2.68 bits per heavy atom. The van der Waals surface area contributed by atoms with Crippen molar-refractivity contribution in [2.24, 2.45) is 5.92 Å². The fourth-order valence-electron chi connectivity index (χ4n) is 2.11. The van der Waals surface area contributed by atoms with E-state index in [2.05, 4.69) is 9.97 Å². The van der Waals surface area contributed by atoms with Crippen molar-refractivity contribution in [3.63, 3.8) is 0 Å². The van der Waals surface area contributed by atoms with E-state index in [-0.39, 0.29) is 11.6 Å². The molecule has 2 aromatic heterocycles. The number of imidazole rings is 1. The van der Waals surface area contributed by atoms with Gasteiger partial charge in [0.25, 0.3) is 0 Å². The van der Waals surface area contributed by atoms with Crippen molar-refractivity contribution in [2.75, 3.05) is 24.7 Å². The minimum Gasteiger partial charge on any atom is -0.353 e. The molecule has 1 fully saturated rings. The molecule has 0 saturated carbocycles. The molecule has 2 aromatic rings. The summed E-state index contributed by atoms with van der Waals surface area (Å²) in [6, 6.07) is 0. The number of anilines is 1. The van der Waals surface area contributed by atoms with Crippen LogP contribution in [0.4, 0.5) is 23.4 Å². The maximum atomic E-state index is 12.6. The summed E-state index contributed by atoms with van der Waals surface area (Å²) in [5.74, 6) is 0.293. The summed E-state index contributed by atoms with van der Waals surface area (Å²) in [4.78, 5) is 9.35. The summed E-state index contributed by atoms with van der Waals surface area (Å²) in [6.07, 6.45) is -0.743. The van der Waals surface area contributed by atoms with Gasteiger partial charge in [-0.3, -0.25) is 4.39 Å². The normalized spacial score (nSPS) is 16.9. The number of rotatable bonds is 2. The Hall–Kier alpha value is -1.86. The number of hydrogen-bond acceptors (Lipinski definition) is 3. The molecule has 0 atom stereocenters. The van der Waals surface area contributed by atoms with Crippen LogP contribution in [0.5, 0.6) is 0 Å². The zero-order valence-corrected chi connectivity index (χ0v) is 9.73. The quantitative estimate of drug-likeness (QED) is 0.787. The number of hydrogen-bond donors (Lipinski definition) is 0. The van der Waals surface area contributed by atoms with Gasteiger partial charge in [-0.05, 0) is 0 Å². The van der Waals surface area contributed by atoms with Crippen LogP contribution >= 0.6 is 0 Å². The van der Waals surface area contributed by atoms with Crippen LogP contribution < -0.4 is 4.90 Å².